The van der Waals surface area contributed by atoms with Gasteiger partial charge in [-0.25, -0.2) is 13.5 Å². The number of anilines is 1. The van der Waals surface area contributed by atoms with E-state index in [1.165, 1.54) is 12.1 Å². The fourth-order valence-corrected chi connectivity index (χ4v) is 2.31. The highest BCUT2D eigenvalue weighted by Crippen LogP contribution is 2.15. The molecular weight excluding hydrogens is 330 g/mol. The van der Waals surface area contributed by atoms with Crippen LogP contribution in [0.25, 0.3) is 5.69 Å². The number of nitrogens with one attached hydrogen (secondary N) is 2. The van der Waals surface area contributed by atoms with Crippen LogP contribution in [0.2, 0.25) is 0 Å². The number of thiocarbonyl (C=S) groups is 1. The lowest BCUT2D eigenvalue weighted by atomic mass is 10.2. The van der Waals surface area contributed by atoms with E-state index < -0.39 is 11.6 Å². The molecule has 0 radical (unpaired) electrons. The van der Waals surface area contributed by atoms with Gasteiger partial charge >= 0.3 is 0 Å². The molecule has 0 saturated carbocycles. The van der Waals surface area contributed by atoms with Crippen molar-refractivity contribution < 1.29 is 8.78 Å². The van der Waals surface area contributed by atoms with Crippen molar-refractivity contribution in [3.05, 3.63) is 78.1 Å². The summed E-state index contributed by atoms with van der Waals surface area (Å²) >= 11 is 5.12. The molecule has 0 amide bonds. The lowest BCUT2D eigenvalue weighted by Gasteiger charge is -2.11. The third-order valence-corrected chi connectivity index (χ3v) is 3.58. The van der Waals surface area contributed by atoms with E-state index in [1.54, 1.807) is 10.9 Å². The van der Waals surface area contributed by atoms with Crippen molar-refractivity contribution >= 4 is 23.0 Å². The quantitative estimate of drug-likeness (QED) is 0.709. The molecule has 122 valence electrons. The van der Waals surface area contributed by atoms with E-state index in [0.29, 0.717) is 6.54 Å². The lowest BCUT2D eigenvalue weighted by Crippen LogP contribution is -2.28. The Bertz CT molecular complexity index is 832. The first-order valence-electron chi connectivity index (χ1n) is 7.21. The Morgan fingerprint density at radius 2 is 1.92 bits per heavy atom. The van der Waals surface area contributed by atoms with Gasteiger partial charge in [0, 0.05) is 25.0 Å². The first kappa shape index (κ1) is 16.1. The third kappa shape index (κ3) is 3.94. The number of nitrogens with zero attached hydrogens (tertiary/aromatic N) is 2. The number of hydrogen-bond donors (Lipinski definition) is 2. The van der Waals surface area contributed by atoms with Crippen molar-refractivity contribution in [2.45, 2.75) is 6.54 Å². The van der Waals surface area contributed by atoms with Gasteiger partial charge in [0.25, 0.3) is 0 Å². The molecule has 0 fully saturated rings. The maximum absolute atomic E-state index is 13.6. The number of benzene rings is 2. The number of halogens is 2. The van der Waals surface area contributed by atoms with Crippen LogP contribution in [-0.2, 0) is 6.54 Å². The Labute approximate surface area is 143 Å². The van der Waals surface area contributed by atoms with Gasteiger partial charge in [0.1, 0.15) is 11.6 Å². The normalized spacial score (nSPS) is 10.4. The summed E-state index contributed by atoms with van der Waals surface area (Å²) in [7, 11) is 0. The summed E-state index contributed by atoms with van der Waals surface area (Å²) in [5.74, 6) is -1.32. The van der Waals surface area contributed by atoms with Gasteiger partial charge in [0.15, 0.2) is 5.11 Å². The molecule has 0 aliphatic rings. The first-order chi connectivity index (χ1) is 11.6. The van der Waals surface area contributed by atoms with E-state index >= 15 is 0 Å². The van der Waals surface area contributed by atoms with Crippen molar-refractivity contribution in [3.8, 4) is 5.69 Å². The summed E-state index contributed by atoms with van der Waals surface area (Å²) < 4.78 is 28.2. The van der Waals surface area contributed by atoms with Crippen molar-refractivity contribution in [2.24, 2.45) is 0 Å². The average molecular weight is 344 g/mol. The van der Waals surface area contributed by atoms with E-state index in [0.717, 1.165) is 17.3 Å². The molecule has 2 aromatic carbocycles. The van der Waals surface area contributed by atoms with Crippen LogP contribution in [0.3, 0.4) is 0 Å². The van der Waals surface area contributed by atoms with Crippen LogP contribution in [0.4, 0.5) is 14.5 Å². The molecular formula is C17H14F2N4S. The zero-order valence-electron chi connectivity index (χ0n) is 12.5. The van der Waals surface area contributed by atoms with Gasteiger partial charge in [-0.2, -0.15) is 5.10 Å². The molecule has 0 atom stereocenters. The SMILES string of the molecule is Fc1ccc(NC(=S)NCc2ccc(-n3cccn3)cc2)c(F)c1. The molecule has 0 saturated heterocycles. The summed E-state index contributed by atoms with van der Waals surface area (Å²) in [5.41, 5.74) is 2.09. The van der Waals surface area contributed by atoms with E-state index in [4.69, 9.17) is 12.2 Å². The number of hydrogen-bond acceptors (Lipinski definition) is 2. The van der Waals surface area contributed by atoms with Gasteiger partial charge in [0.2, 0.25) is 0 Å². The predicted molar refractivity (Wildman–Crippen MR) is 93.0 cm³/mol. The van der Waals surface area contributed by atoms with E-state index in [9.17, 15) is 8.78 Å². The monoisotopic (exact) mass is 344 g/mol. The minimum atomic E-state index is -0.692. The summed E-state index contributed by atoms with van der Waals surface area (Å²) in [5, 5.41) is 10.1. The first-order valence-corrected chi connectivity index (χ1v) is 7.61. The minimum absolute atomic E-state index is 0.128. The molecule has 3 rings (SSSR count). The Hall–Kier alpha value is -2.80. The Kier molecular flexibility index (Phi) is 4.81. The standard InChI is InChI=1S/C17H14F2N4S/c18-13-4-7-16(15(19)10-13)22-17(24)20-11-12-2-5-14(6-3-12)23-9-1-8-21-23/h1-10H,11H2,(H2,20,22,24). The van der Waals surface area contributed by atoms with Crippen molar-refractivity contribution in [3.63, 3.8) is 0 Å². The fraction of sp³-hybridized carbons (Fsp3) is 0.0588. The molecule has 0 spiro atoms. The molecule has 7 heteroatoms. The van der Waals surface area contributed by atoms with Crippen LogP contribution in [0.1, 0.15) is 5.56 Å². The summed E-state index contributed by atoms with van der Waals surface area (Å²) in [6.45, 7) is 0.480. The van der Waals surface area contributed by atoms with Crippen molar-refractivity contribution in [2.75, 3.05) is 5.32 Å². The van der Waals surface area contributed by atoms with Crippen molar-refractivity contribution in [1.82, 2.24) is 15.1 Å². The van der Waals surface area contributed by atoms with Gasteiger partial charge in [-0.1, -0.05) is 12.1 Å². The molecule has 2 N–H and O–H groups in total. The average Bonchev–Trinajstić information content (AvgIpc) is 3.11. The van der Waals surface area contributed by atoms with Crippen LogP contribution in [-0.4, -0.2) is 14.9 Å². The molecule has 0 aliphatic carbocycles. The van der Waals surface area contributed by atoms with Crippen LogP contribution >= 0.6 is 12.2 Å². The predicted octanol–water partition coefficient (Wildman–Crippen LogP) is 3.64. The maximum atomic E-state index is 13.6. The third-order valence-electron chi connectivity index (χ3n) is 3.34. The fourth-order valence-electron chi connectivity index (χ4n) is 2.13. The zero-order chi connectivity index (χ0) is 16.9. The summed E-state index contributed by atoms with van der Waals surface area (Å²) in [4.78, 5) is 0. The lowest BCUT2D eigenvalue weighted by molar-refractivity contribution is 0.586. The molecule has 4 nitrogen and oxygen atoms in total. The van der Waals surface area contributed by atoms with Gasteiger partial charge in [0.05, 0.1) is 11.4 Å². The highest BCUT2D eigenvalue weighted by molar-refractivity contribution is 7.80. The molecule has 1 heterocycles. The van der Waals surface area contributed by atoms with Gasteiger partial charge in [-0.3, -0.25) is 0 Å². The second-order valence-corrected chi connectivity index (χ2v) is 5.46. The van der Waals surface area contributed by atoms with Crippen LogP contribution < -0.4 is 10.6 Å². The second-order valence-electron chi connectivity index (χ2n) is 5.05. The van der Waals surface area contributed by atoms with E-state index in [1.807, 2.05) is 36.5 Å². The Morgan fingerprint density at radius 3 is 2.58 bits per heavy atom. The van der Waals surface area contributed by atoms with Gasteiger partial charge < -0.3 is 10.6 Å². The molecule has 1 aromatic heterocycles. The molecule has 0 aliphatic heterocycles. The van der Waals surface area contributed by atoms with E-state index in [2.05, 4.69) is 15.7 Å². The zero-order valence-corrected chi connectivity index (χ0v) is 13.4. The molecule has 3 aromatic rings. The van der Waals surface area contributed by atoms with Crippen molar-refractivity contribution in [1.29, 1.82) is 0 Å². The van der Waals surface area contributed by atoms with Crippen LogP contribution in [0.15, 0.2) is 60.9 Å². The van der Waals surface area contributed by atoms with Crippen LogP contribution in [0.5, 0.6) is 0 Å². The maximum Gasteiger partial charge on any atom is 0.171 e. The largest absolute Gasteiger partial charge is 0.358 e. The van der Waals surface area contributed by atoms with Gasteiger partial charge in [-0.15, -0.1) is 0 Å². The summed E-state index contributed by atoms with van der Waals surface area (Å²) in [6, 6.07) is 12.9. The van der Waals surface area contributed by atoms with Crippen LogP contribution in [0, 0.1) is 11.6 Å². The molecule has 0 unspecified atom stereocenters. The topological polar surface area (TPSA) is 41.9 Å². The summed E-state index contributed by atoms with van der Waals surface area (Å²) in [6.07, 6.45) is 3.58. The number of aromatic nitrogens is 2. The molecule has 0 bridgehead atoms. The molecule has 24 heavy (non-hydrogen) atoms. The highest BCUT2D eigenvalue weighted by Gasteiger charge is 2.05. The Morgan fingerprint density at radius 1 is 1.12 bits per heavy atom. The number of rotatable bonds is 4. The smallest absolute Gasteiger partial charge is 0.171 e. The van der Waals surface area contributed by atoms with E-state index in [-0.39, 0.29) is 10.8 Å². The highest BCUT2D eigenvalue weighted by atomic mass is 32.1. The van der Waals surface area contributed by atoms with Gasteiger partial charge in [-0.05, 0) is 48.1 Å². The second kappa shape index (κ2) is 7.18. The Balaban J connectivity index is 1.56. The minimum Gasteiger partial charge on any atom is -0.358 e.